The summed E-state index contributed by atoms with van der Waals surface area (Å²) in [5, 5.41) is 0. The van der Waals surface area contributed by atoms with Crippen LogP contribution in [0, 0.1) is 0 Å². The second-order valence-electron chi connectivity index (χ2n) is 6.83. The Balaban J connectivity index is 1.89. The zero-order valence-electron chi connectivity index (χ0n) is 14.1. The Kier molecular flexibility index (Phi) is 5.88. The van der Waals surface area contributed by atoms with Gasteiger partial charge < -0.3 is 14.4 Å². The van der Waals surface area contributed by atoms with Crippen molar-refractivity contribution in [3.8, 4) is 0 Å². The quantitative estimate of drug-likeness (QED) is 0.801. The largest absolute Gasteiger partial charge is 0.444 e. The zero-order valence-corrected chi connectivity index (χ0v) is 14.9. The summed E-state index contributed by atoms with van der Waals surface area (Å²) in [4.78, 5) is 13.8. The fourth-order valence-electron chi connectivity index (χ4n) is 2.69. The van der Waals surface area contributed by atoms with E-state index >= 15 is 0 Å². The highest BCUT2D eigenvalue weighted by atomic mass is 32.2. The van der Waals surface area contributed by atoms with E-state index in [1.807, 2.05) is 20.8 Å². The highest BCUT2D eigenvalue weighted by molar-refractivity contribution is 7.87. The molecular formula is C14H27N3O5S. The summed E-state index contributed by atoms with van der Waals surface area (Å²) in [6.45, 7) is 7.79. The summed E-state index contributed by atoms with van der Waals surface area (Å²) in [5.41, 5.74) is -0.558. The molecule has 0 saturated carbocycles. The van der Waals surface area contributed by atoms with Crippen molar-refractivity contribution in [3.63, 3.8) is 0 Å². The molecule has 23 heavy (non-hydrogen) atoms. The molecular weight excluding hydrogens is 322 g/mol. The van der Waals surface area contributed by atoms with Crippen molar-refractivity contribution in [1.29, 1.82) is 0 Å². The van der Waals surface area contributed by atoms with Gasteiger partial charge in [0.1, 0.15) is 5.60 Å². The smallest absolute Gasteiger partial charge is 0.410 e. The van der Waals surface area contributed by atoms with Gasteiger partial charge in [0.15, 0.2) is 0 Å². The van der Waals surface area contributed by atoms with Gasteiger partial charge in [-0.3, -0.25) is 0 Å². The van der Waals surface area contributed by atoms with E-state index in [9.17, 15) is 13.2 Å². The third-order valence-corrected chi connectivity index (χ3v) is 5.39. The van der Waals surface area contributed by atoms with Gasteiger partial charge in [0.2, 0.25) is 0 Å². The number of nitrogens with zero attached hydrogens (tertiary/aromatic N) is 2. The van der Waals surface area contributed by atoms with Gasteiger partial charge in [-0.25, -0.2) is 9.52 Å². The number of rotatable bonds is 4. The second-order valence-corrected chi connectivity index (χ2v) is 8.59. The van der Waals surface area contributed by atoms with E-state index < -0.39 is 15.8 Å². The van der Waals surface area contributed by atoms with Crippen LogP contribution < -0.4 is 4.72 Å². The Morgan fingerprint density at radius 1 is 1.26 bits per heavy atom. The second kappa shape index (κ2) is 7.33. The minimum Gasteiger partial charge on any atom is -0.444 e. The van der Waals surface area contributed by atoms with Crippen molar-refractivity contribution in [2.75, 3.05) is 39.4 Å². The lowest BCUT2D eigenvalue weighted by Gasteiger charge is -2.30. The third-order valence-electron chi connectivity index (χ3n) is 3.82. The molecule has 2 aliphatic rings. The summed E-state index contributed by atoms with van der Waals surface area (Å²) in [7, 11) is -3.53. The standard InChI is InChI=1S/C14H27N3O5S/c1-14(2,3)22-13(18)17-6-4-5-12(17)11-15-23(19,20)16-7-9-21-10-8-16/h12,15H,4-11H2,1-3H3. The first-order valence-corrected chi connectivity index (χ1v) is 9.45. The lowest BCUT2D eigenvalue weighted by molar-refractivity contribution is 0.0229. The molecule has 2 saturated heterocycles. The van der Waals surface area contributed by atoms with Gasteiger partial charge in [0.25, 0.3) is 10.2 Å². The number of morpholine rings is 1. The first kappa shape index (κ1) is 18.4. The van der Waals surface area contributed by atoms with Crippen LogP contribution in [0.4, 0.5) is 4.79 Å². The van der Waals surface area contributed by atoms with Crippen molar-refractivity contribution >= 4 is 16.3 Å². The van der Waals surface area contributed by atoms with E-state index in [-0.39, 0.29) is 18.7 Å². The first-order chi connectivity index (χ1) is 10.7. The van der Waals surface area contributed by atoms with Gasteiger partial charge in [-0.1, -0.05) is 0 Å². The monoisotopic (exact) mass is 349 g/mol. The van der Waals surface area contributed by atoms with E-state index in [1.54, 1.807) is 4.90 Å². The molecule has 0 aromatic carbocycles. The number of hydrogen-bond donors (Lipinski definition) is 1. The molecule has 134 valence electrons. The molecule has 1 amide bonds. The first-order valence-electron chi connectivity index (χ1n) is 8.01. The van der Waals surface area contributed by atoms with E-state index in [2.05, 4.69) is 4.72 Å². The number of amides is 1. The van der Waals surface area contributed by atoms with Crippen LogP contribution >= 0.6 is 0 Å². The Bertz CT molecular complexity index is 511. The Morgan fingerprint density at radius 3 is 2.52 bits per heavy atom. The topological polar surface area (TPSA) is 88.2 Å². The minimum atomic E-state index is -3.53. The predicted molar refractivity (Wildman–Crippen MR) is 85.3 cm³/mol. The molecule has 0 radical (unpaired) electrons. The van der Waals surface area contributed by atoms with Gasteiger partial charge in [-0.2, -0.15) is 12.7 Å². The molecule has 2 heterocycles. The fourth-order valence-corrected chi connectivity index (χ4v) is 3.90. The molecule has 0 aromatic heterocycles. The van der Waals surface area contributed by atoms with Crippen molar-refractivity contribution in [1.82, 2.24) is 13.9 Å². The maximum atomic E-state index is 12.3. The number of carbonyl (C=O) groups is 1. The number of likely N-dealkylation sites (tertiary alicyclic amines) is 1. The molecule has 9 heteroatoms. The molecule has 0 spiro atoms. The highest BCUT2D eigenvalue weighted by Gasteiger charge is 2.33. The van der Waals surface area contributed by atoms with Crippen LogP contribution in [-0.2, 0) is 19.7 Å². The van der Waals surface area contributed by atoms with Gasteiger partial charge in [-0.15, -0.1) is 0 Å². The minimum absolute atomic E-state index is 0.166. The molecule has 2 fully saturated rings. The van der Waals surface area contributed by atoms with Crippen molar-refractivity contribution in [2.24, 2.45) is 0 Å². The van der Waals surface area contributed by atoms with Crippen LogP contribution in [-0.4, -0.2) is 74.8 Å². The average Bonchev–Trinajstić information content (AvgIpc) is 2.93. The van der Waals surface area contributed by atoms with Crippen molar-refractivity contribution in [2.45, 2.75) is 45.3 Å². The van der Waals surface area contributed by atoms with E-state index in [0.29, 0.717) is 32.8 Å². The molecule has 1 atom stereocenters. The number of hydrogen-bond acceptors (Lipinski definition) is 5. The van der Waals surface area contributed by atoms with Crippen LogP contribution in [0.2, 0.25) is 0 Å². The van der Waals surface area contributed by atoms with Crippen molar-refractivity contribution < 1.29 is 22.7 Å². The van der Waals surface area contributed by atoms with Gasteiger partial charge in [-0.05, 0) is 33.6 Å². The Morgan fingerprint density at radius 2 is 1.91 bits per heavy atom. The molecule has 2 aliphatic heterocycles. The van der Waals surface area contributed by atoms with Crippen LogP contribution in [0.5, 0.6) is 0 Å². The van der Waals surface area contributed by atoms with Crippen LogP contribution in [0.1, 0.15) is 33.6 Å². The van der Waals surface area contributed by atoms with E-state index in [1.165, 1.54) is 4.31 Å². The lowest BCUT2D eigenvalue weighted by Crippen LogP contribution is -2.50. The molecule has 0 aliphatic carbocycles. The molecule has 1 unspecified atom stereocenters. The summed E-state index contributed by atoms with van der Waals surface area (Å²) in [5.74, 6) is 0. The van der Waals surface area contributed by atoms with Crippen molar-refractivity contribution in [3.05, 3.63) is 0 Å². The molecule has 0 bridgehead atoms. The Labute approximate surface area is 138 Å². The predicted octanol–water partition coefficient (Wildman–Crippen LogP) is 0.553. The maximum absolute atomic E-state index is 12.3. The fraction of sp³-hybridized carbons (Fsp3) is 0.929. The summed E-state index contributed by atoms with van der Waals surface area (Å²) >= 11 is 0. The summed E-state index contributed by atoms with van der Waals surface area (Å²) in [6, 6.07) is -0.166. The summed E-state index contributed by atoms with van der Waals surface area (Å²) in [6.07, 6.45) is 1.24. The van der Waals surface area contributed by atoms with Crippen LogP contribution in [0.3, 0.4) is 0 Å². The third kappa shape index (κ3) is 5.30. The lowest BCUT2D eigenvalue weighted by atomic mass is 10.2. The number of ether oxygens (including phenoxy) is 2. The van der Waals surface area contributed by atoms with Gasteiger partial charge >= 0.3 is 6.09 Å². The number of nitrogens with one attached hydrogen (secondary N) is 1. The average molecular weight is 349 g/mol. The van der Waals surface area contributed by atoms with Crippen LogP contribution in [0.15, 0.2) is 0 Å². The van der Waals surface area contributed by atoms with E-state index in [0.717, 1.165) is 12.8 Å². The highest BCUT2D eigenvalue weighted by Crippen LogP contribution is 2.20. The van der Waals surface area contributed by atoms with Gasteiger partial charge in [0.05, 0.1) is 13.2 Å². The summed E-state index contributed by atoms with van der Waals surface area (Å²) < 4.78 is 39.1. The molecule has 0 aromatic rings. The van der Waals surface area contributed by atoms with E-state index in [4.69, 9.17) is 9.47 Å². The molecule has 8 nitrogen and oxygen atoms in total. The maximum Gasteiger partial charge on any atom is 0.410 e. The Hall–Kier alpha value is -0.900. The normalized spacial score (nSPS) is 24.0. The van der Waals surface area contributed by atoms with Crippen LogP contribution in [0.25, 0.3) is 0 Å². The molecule has 1 N–H and O–H groups in total. The SMILES string of the molecule is CC(C)(C)OC(=O)N1CCCC1CNS(=O)(=O)N1CCOCC1. The zero-order chi connectivity index (χ0) is 17.1. The molecule has 2 rings (SSSR count). The van der Waals surface area contributed by atoms with Gasteiger partial charge in [0, 0.05) is 32.2 Å². The number of carbonyl (C=O) groups excluding carboxylic acids is 1.